The van der Waals surface area contributed by atoms with Crippen molar-refractivity contribution in [2.75, 3.05) is 13.7 Å². The maximum atomic E-state index is 11.2. The molecule has 1 aliphatic carbocycles. The summed E-state index contributed by atoms with van der Waals surface area (Å²) in [5.74, 6) is 2.01. The number of benzene rings is 1. The fourth-order valence-corrected chi connectivity index (χ4v) is 2.46. The Morgan fingerprint density at radius 1 is 1.28 bits per heavy atom. The average molecular weight is 247 g/mol. The van der Waals surface area contributed by atoms with Crippen LogP contribution in [0.15, 0.2) is 24.3 Å². The topological polar surface area (TPSA) is 38.3 Å². The zero-order valence-corrected chi connectivity index (χ0v) is 10.9. The SMILES string of the molecule is COc1ccccc1CNCC1CCC(=O)CC1. The first kappa shape index (κ1) is 13.1. The minimum Gasteiger partial charge on any atom is -0.496 e. The summed E-state index contributed by atoms with van der Waals surface area (Å²) in [5.41, 5.74) is 1.19. The zero-order valence-electron chi connectivity index (χ0n) is 10.9. The summed E-state index contributed by atoms with van der Waals surface area (Å²) < 4.78 is 5.32. The van der Waals surface area contributed by atoms with Crippen molar-refractivity contribution >= 4 is 5.78 Å². The van der Waals surface area contributed by atoms with Gasteiger partial charge in [-0.3, -0.25) is 4.79 Å². The third kappa shape index (κ3) is 3.57. The van der Waals surface area contributed by atoms with Crippen LogP contribution in [0.1, 0.15) is 31.2 Å². The number of methoxy groups -OCH3 is 1. The van der Waals surface area contributed by atoms with E-state index in [2.05, 4.69) is 11.4 Å². The van der Waals surface area contributed by atoms with Crippen molar-refractivity contribution < 1.29 is 9.53 Å². The molecule has 1 fully saturated rings. The van der Waals surface area contributed by atoms with Crippen molar-refractivity contribution in [2.45, 2.75) is 32.2 Å². The minimum atomic E-state index is 0.427. The predicted molar refractivity (Wildman–Crippen MR) is 71.7 cm³/mol. The molecule has 1 aromatic carbocycles. The van der Waals surface area contributed by atoms with Crippen LogP contribution in [0.2, 0.25) is 0 Å². The molecular formula is C15H21NO2. The molecule has 0 amide bonds. The molecule has 0 aliphatic heterocycles. The van der Waals surface area contributed by atoms with Gasteiger partial charge in [-0.15, -0.1) is 0 Å². The standard InChI is InChI=1S/C15H21NO2/c1-18-15-5-3-2-4-13(15)11-16-10-12-6-8-14(17)9-7-12/h2-5,12,16H,6-11H2,1H3. The van der Waals surface area contributed by atoms with Gasteiger partial charge >= 0.3 is 0 Å². The van der Waals surface area contributed by atoms with Gasteiger partial charge < -0.3 is 10.1 Å². The van der Waals surface area contributed by atoms with E-state index in [1.807, 2.05) is 18.2 Å². The summed E-state index contributed by atoms with van der Waals surface area (Å²) in [7, 11) is 1.70. The quantitative estimate of drug-likeness (QED) is 0.869. The fourth-order valence-electron chi connectivity index (χ4n) is 2.46. The predicted octanol–water partition coefficient (Wildman–Crippen LogP) is 2.54. The van der Waals surface area contributed by atoms with Crippen molar-refractivity contribution in [3.8, 4) is 5.75 Å². The summed E-state index contributed by atoms with van der Waals surface area (Å²) in [4.78, 5) is 11.2. The number of para-hydroxylation sites is 1. The van der Waals surface area contributed by atoms with Crippen molar-refractivity contribution in [2.24, 2.45) is 5.92 Å². The van der Waals surface area contributed by atoms with E-state index in [1.54, 1.807) is 7.11 Å². The van der Waals surface area contributed by atoms with Gasteiger partial charge in [0, 0.05) is 24.9 Å². The van der Waals surface area contributed by atoms with Crippen LogP contribution in [-0.4, -0.2) is 19.4 Å². The second-order valence-corrected chi connectivity index (χ2v) is 4.92. The lowest BCUT2D eigenvalue weighted by Crippen LogP contribution is -2.26. The second-order valence-electron chi connectivity index (χ2n) is 4.92. The van der Waals surface area contributed by atoms with E-state index in [1.165, 1.54) is 5.56 Å². The fraction of sp³-hybridized carbons (Fsp3) is 0.533. The highest BCUT2D eigenvalue weighted by Crippen LogP contribution is 2.21. The lowest BCUT2D eigenvalue weighted by Gasteiger charge is -2.21. The molecular weight excluding hydrogens is 226 g/mol. The molecule has 0 saturated heterocycles. The van der Waals surface area contributed by atoms with Crippen LogP contribution in [0.25, 0.3) is 0 Å². The molecule has 0 heterocycles. The highest BCUT2D eigenvalue weighted by Gasteiger charge is 2.18. The maximum Gasteiger partial charge on any atom is 0.132 e. The summed E-state index contributed by atoms with van der Waals surface area (Å²) in [5, 5.41) is 3.47. The first-order chi connectivity index (χ1) is 8.79. The molecule has 98 valence electrons. The zero-order chi connectivity index (χ0) is 12.8. The molecule has 1 aromatic rings. The highest BCUT2D eigenvalue weighted by atomic mass is 16.5. The van der Waals surface area contributed by atoms with Gasteiger partial charge in [0.1, 0.15) is 11.5 Å². The van der Waals surface area contributed by atoms with Crippen LogP contribution in [0.3, 0.4) is 0 Å². The third-order valence-corrected chi connectivity index (χ3v) is 3.60. The maximum absolute atomic E-state index is 11.2. The Morgan fingerprint density at radius 3 is 2.72 bits per heavy atom. The minimum absolute atomic E-state index is 0.427. The van der Waals surface area contributed by atoms with Gasteiger partial charge in [-0.05, 0) is 31.4 Å². The van der Waals surface area contributed by atoms with Crippen LogP contribution < -0.4 is 10.1 Å². The summed E-state index contributed by atoms with van der Waals surface area (Å²) in [6.45, 7) is 1.82. The molecule has 18 heavy (non-hydrogen) atoms. The van der Waals surface area contributed by atoms with Crippen LogP contribution in [0.4, 0.5) is 0 Å². The van der Waals surface area contributed by atoms with E-state index in [9.17, 15) is 4.79 Å². The first-order valence-electron chi connectivity index (χ1n) is 6.64. The van der Waals surface area contributed by atoms with Gasteiger partial charge in [0.15, 0.2) is 0 Å². The molecule has 1 N–H and O–H groups in total. The van der Waals surface area contributed by atoms with E-state index in [0.717, 1.165) is 44.5 Å². The van der Waals surface area contributed by atoms with Gasteiger partial charge in [0.05, 0.1) is 7.11 Å². The number of Topliss-reactive ketones (excluding diaryl/α,β-unsaturated/α-hetero) is 1. The number of carbonyl (C=O) groups is 1. The summed E-state index contributed by atoms with van der Waals surface area (Å²) in [6, 6.07) is 8.07. The molecule has 0 spiro atoms. The van der Waals surface area contributed by atoms with Gasteiger partial charge in [-0.25, -0.2) is 0 Å². The lowest BCUT2D eigenvalue weighted by molar-refractivity contribution is -0.120. The Labute approximate surface area is 109 Å². The van der Waals surface area contributed by atoms with E-state index in [-0.39, 0.29) is 0 Å². The van der Waals surface area contributed by atoms with Gasteiger partial charge in [0.25, 0.3) is 0 Å². The van der Waals surface area contributed by atoms with E-state index in [0.29, 0.717) is 11.7 Å². The lowest BCUT2D eigenvalue weighted by atomic mass is 9.88. The normalized spacial score (nSPS) is 16.8. The largest absolute Gasteiger partial charge is 0.496 e. The van der Waals surface area contributed by atoms with Crippen molar-refractivity contribution in [1.82, 2.24) is 5.32 Å². The molecule has 0 radical (unpaired) electrons. The smallest absolute Gasteiger partial charge is 0.132 e. The first-order valence-corrected chi connectivity index (χ1v) is 6.64. The molecule has 0 atom stereocenters. The summed E-state index contributed by atoms with van der Waals surface area (Å²) in [6.07, 6.45) is 3.61. The Kier molecular flexibility index (Phi) is 4.76. The number of carbonyl (C=O) groups excluding carboxylic acids is 1. The Balaban J connectivity index is 1.76. The average Bonchev–Trinajstić information content (AvgIpc) is 2.41. The molecule has 0 bridgehead atoms. The Morgan fingerprint density at radius 2 is 2.00 bits per heavy atom. The molecule has 2 rings (SSSR count). The van der Waals surface area contributed by atoms with Crippen LogP contribution in [0.5, 0.6) is 5.75 Å². The molecule has 1 aliphatic rings. The Bertz CT molecular complexity index is 393. The Hall–Kier alpha value is -1.35. The monoisotopic (exact) mass is 247 g/mol. The molecule has 3 nitrogen and oxygen atoms in total. The van der Waals surface area contributed by atoms with Crippen LogP contribution in [-0.2, 0) is 11.3 Å². The van der Waals surface area contributed by atoms with E-state index >= 15 is 0 Å². The summed E-state index contributed by atoms with van der Waals surface area (Å²) >= 11 is 0. The number of hydrogen-bond acceptors (Lipinski definition) is 3. The molecule has 0 aromatic heterocycles. The molecule has 1 saturated carbocycles. The van der Waals surface area contributed by atoms with Crippen molar-refractivity contribution in [3.63, 3.8) is 0 Å². The van der Waals surface area contributed by atoms with E-state index < -0.39 is 0 Å². The number of rotatable bonds is 5. The molecule has 0 unspecified atom stereocenters. The van der Waals surface area contributed by atoms with Gasteiger partial charge in [-0.1, -0.05) is 18.2 Å². The molecule has 3 heteroatoms. The van der Waals surface area contributed by atoms with E-state index in [4.69, 9.17) is 4.74 Å². The highest BCUT2D eigenvalue weighted by molar-refractivity contribution is 5.79. The van der Waals surface area contributed by atoms with Gasteiger partial charge in [0.2, 0.25) is 0 Å². The third-order valence-electron chi connectivity index (χ3n) is 3.60. The number of nitrogens with one attached hydrogen (secondary N) is 1. The van der Waals surface area contributed by atoms with Crippen molar-refractivity contribution in [1.29, 1.82) is 0 Å². The van der Waals surface area contributed by atoms with Gasteiger partial charge in [-0.2, -0.15) is 0 Å². The number of ketones is 1. The number of hydrogen-bond donors (Lipinski definition) is 1. The van der Waals surface area contributed by atoms with Crippen LogP contribution >= 0.6 is 0 Å². The second kappa shape index (κ2) is 6.55. The van der Waals surface area contributed by atoms with Crippen molar-refractivity contribution in [3.05, 3.63) is 29.8 Å². The van der Waals surface area contributed by atoms with Crippen LogP contribution in [0, 0.1) is 5.92 Å². The number of ether oxygens (including phenoxy) is 1.